The van der Waals surface area contributed by atoms with Crippen LogP contribution in [-0.4, -0.2) is 36.9 Å². The zero-order valence-corrected chi connectivity index (χ0v) is 11.1. The molecule has 0 saturated heterocycles. The largest absolute Gasteiger partial charge is 0.673 e. The summed E-state index contributed by atoms with van der Waals surface area (Å²) >= 11 is 0. The van der Waals surface area contributed by atoms with Crippen LogP contribution in [0.25, 0.3) is 0 Å². The normalized spacial score (nSPS) is 12.8. The second-order valence-corrected chi connectivity index (χ2v) is 4.42. The van der Waals surface area contributed by atoms with Gasteiger partial charge in [0.1, 0.15) is 0 Å². The molecule has 0 spiro atoms. The molecule has 0 aromatic heterocycles. The topological polar surface area (TPSA) is 0 Å². The summed E-state index contributed by atoms with van der Waals surface area (Å²) < 4.78 is 40.2. The molecule has 0 aliphatic carbocycles. The van der Waals surface area contributed by atoms with Crippen molar-refractivity contribution in [3.63, 3.8) is 0 Å². The van der Waals surface area contributed by atoms with Crippen LogP contribution in [0.1, 0.15) is 41.5 Å². The first-order valence-electron chi connectivity index (χ1n) is 5.75. The minimum atomic E-state index is -6.00. The highest BCUT2D eigenvalue weighted by Crippen LogP contribution is 2.17. The Bertz CT molecular complexity index is 160. The second-order valence-electron chi connectivity index (χ2n) is 4.42. The molecule has 6 heteroatoms. The monoisotopic (exact) mass is 245 g/mol. The summed E-state index contributed by atoms with van der Waals surface area (Å²) in [5, 5.41) is 0. The SMILES string of the molecule is CC[N+](CC)(C(C)C)C(C)C.F[B-](F)(F)F. The van der Waals surface area contributed by atoms with Crippen LogP contribution >= 0.6 is 0 Å². The average Bonchev–Trinajstić information content (AvgIpc) is 2.02. The summed E-state index contributed by atoms with van der Waals surface area (Å²) in [6.07, 6.45) is 0. The van der Waals surface area contributed by atoms with Crippen LogP contribution in [0, 0.1) is 0 Å². The molecule has 0 radical (unpaired) electrons. The molecule has 0 heterocycles. The quantitative estimate of drug-likeness (QED) is 0.399. The van der Waals surface area contributed by atoms with E-state index in [0.29, 0.717) is 0 Å². The van der Waals surface area contributed by atoms with E-state index in [2.05, 4.69) is 41.5 Å². The third-order valence-electron chi connectivity index (χ3n) is 3.23. The van der Waals surface area contributed by atoms with Crippen molar-refractivity contribution in [3.05, 3.63) is 0 Å². The third kappa shape index (κ3) is 7.09. The molecule has 0 N–H and O–H groups in total. The average molecular weight is 245 g/mol. The van der Waals surface area contributed by atoms with Gasteiger partial charge in [0.05, 0.1) is 25.2 Å². The van der Waals surface area contributed by atoms with Gasteiger partial charge in [0.2, 0.25) is 0 Å². The van der Waals surface area contributed by atoms with E-state index in [4.69, 9.17) is 0 Å². The van der Waals surface area contributed by atoms with Crippen molar-refractivity contribution in [1.82, 2.24) is 0 Å². The van der Waals surface area contributed by atoms with E-state index in [1.807, 2.05) is 0 Å². The molecule has 0 aromatic rings. The fourth-order valence-electron chi connectivity index (χ4n) is 2.28. The van der Waals surface area contributed by atoms with Gasteiger partial charge in [-0.05, 0) is 41.5 Å². The van der Waals surface area contributed by atoms with E-state index in [-0.39, 0.29) is 0 Å². The molecule has 0 atom stereocenters. The van der Waals surface area contributed by atoms with Crippen LogP contribution in [-0.2, 0) is 0 Å². The zero-order valence-electron chi connectivity index (χ0n) is 11.1. The third-order valence-corrected chi connectivity index (χ3v) is 3.23. The van der Waals surface area contributed by atoms with Crippen LogP contribution in [0.15, 0.2) is 0 Å². The van der Waals surface area contributed by atoms with Crippen LogP contribution in [0.4, 0.5) is 17.3 Å². The van der Waals surface area contributed by atoms with E-state index in [1.54, 1.807) is 0 Å². The molecular formula is C10H24BF4N. The number of halogens is 4. The van der Waals surface area contributed by atoms with E-state index in [0.717, 1.165) is 12.1 Å². The molecule has 0 aromatic carbocycles. The highest BCUT2D eigenvalue weighted by Gasteiger charge is 2.30. The summed E-state index contributed by atoms with van der Waals surface area (Å²) in [6, 6.07) is 1.51. The molecule has 0 rings (SSSR count). The fourth-order valence-corrected chi connectivity index (χ4v) is 2.28. The number of hydrogen-bond acceptors (Lipinski definition) is 0. The Balaban J connectivity index is 0. The summed E-state index contributed by atoms with van der Waals surface area (Å²) in [6.45, 7) is 16.4. The Morgan fingerprint density at radius 1 is 0.812 bits per heavy atom. The Kier molecular flexibility index (Phi) is 8.09. The molecule has 0 amide bonds. The number of nitrogens with zero attached hydrogens (tertiary/aromatic N) is 1. The van der Waals surface area contributed by atoms with Gasteiger partial charge in [-0.3, -0.25) is 0 Å². The fraction of sp³-hybridized carbons (Fsp3) is 1.00. The number of hydrogen-bond donors (Lipinski definition) is 0. The lowest BCUT2D eigenvalue weighted by molar-refractivity contribution is -0.963. The van der Waals surface area contributed by atoms with Gasteiger partial charge in [0.25, 0.3) is 0 Å². The van der Waals surface area contributed by atoms with Crippen molar-refractivity contribution in [1.29, 1.82) is 0 Å². The zero-order chi connectivity index (χ0) is 13.6. The van der Waals surface area contributed by atoms with Crippen molar-refractivity contribution in [3.8, 4) is 0 Å². The van der Waals surface area contributed by atoms with Crippen molar-refractivity contribution >= 4 is 7.25 Å². The van der Waals surface area contributed by atoms with Gasteiger partial charge < -0.3 is 21.7 Å². The summed E-state index contributed by atoms with van der Waals surface area (Å²) in [4.78, 5) is 0. The lowest BCUT2D eigenvalue weighted by Crippen LogP contribution is -2.57. The van der Waals surface area contributed by atoms with Crippen LogP contribution in [0.5, 0.6) is 0 Å². The maximum atomic E-state index is 9.75. The van der Waals surface area contributed by atoms with Crippen molar-refractivity contribution < 1.29 is 21.7 Å². The first kappa shape index (κ1) is 18.1. The molecule has 0 aliphatic heterocycles. The van der Waals surface area contributed by atoms with Crippen LogP contribution in [0.2, 0.25) is 0 Å². The minimum absolute atomic E-state index is 0.755. The van der Waals surface area contributed by atoms with E-state index >= 15 is 0 Å². The predicted octanol–water partition coefficient (Wildman–Crippen LogP) is 3.96. The van der Waals surface area contributed by atoms with E-state index in [1.165, 1.54) is 17.6 Å². The van der Waals surface area contributed by atoms with Gasteiger partial charge in [0, 0.05) is 0 Å². The van der Waals surface area contributed by atoms with Gasteiger partial charge in [-0.15, -0.1) is 0 Å². The Morgan fingerprint density at radius 3 is 1.00 bits per heavy atom. The van der Waals surface area contributed by atoms with Gasteiger partial charge in [-0.2, -0.15) is 0 Å². The number of quaternary nitrogens is 1. The van der Waals surface area contributed by atoms with E-state index in [9.17, 15) is 17.3 Å². The number of rotatable bonds is 4. The van der Waals surface area contributed by atoms with Crippen LogP contribution in [0.3, 0.4) is 0 Å². The predicted molar refractivity (Wildman–Crippen MR) is 61.8 cm³/mol. The van der Waals surface area contributed by atoms with E-state index < -0.39 is 7.25 Å². The van der Waals surface area contributed by atoms with Crippen molar-refractivity contribution in [2.75, 3.05) is 13.1 Å². The molecule has 100 valence electrons. The summed E-state index contributed by atoms with van der Waals surface area (Å²) in [5.74, 6) is 0. The lowest BCUT2D eigenvalue weighted by atomic mass is 10.1. The highest BCUT2D eigenvalue weighted by molar-refractivity contribution is 6.50. The summed E-state index contributed by atoms with van der Waals surface area (Å²) in [7, 11) is -6.00. The molecule has 0 bridgehead atoms. The minimum Gasteiger partial charge on any atom is -0.418 e. The van der Waals surface area contributed by atoms with Crippen LogP contribution < -0.4 is 0 Å². The Hall–Kier alpha value is -0.255. The van der Waals surface area contributed by atoms with Crippen molar-refractivity contribution in [2.24, 2.45) is 0 Å². The summed E-state index contributed by atoms with van der Waals surface area (Å²) in [5.41, 5.74) is 0. The van der Waals surface area contributed by atoms with Gasteiger partial charge in [0.15, 0.2) is 0 Å². The lowest BCUT2D eigenvalue weighted by Gasteiger charge is -2.44. The first-order chi connectivity index (χ1) is 7.01. The second kappa shape index (κ2) is 7.15. The maximum Gasteiger partial charge on any atom is 0.673 e. The maximum absolute atomic E-state index is 9.75. The molecule has 0 fully saturated rings. The molecule has 0 aliphatic rings. The first-order valence-corrected chi connectivity index (χ1v) is 5.75. The smallest absolute Gasteiger partial charge is 0.418 e. The van der Waals surface area contributed by atoms with Gasteiger partial charge in [-0.25, -0.2) is 0 Å². The standard InChI is InChI=1S/C10H24N.BF4/c1-7-11(8-2,9(3)4)10(5)6;2-1(3,4)5/h9-10H,7-8H2,1-6H3;/q+1;-1. The molecule has 0 unspecified atom stereocenters. The Morgan fingerprint density at radius 2 is 1.00 bits per heavy atom. The molecule has 1 nitrogen and oxygen atoms in total. The van der Waals surface area contributed by atoms with Gasteiger partial charge >= 0.3 is 7.25 Å². The molecule has 16 heavy (non-hydrogen) atoms. The van der Waals surface area contributed by atoms with Crippen molar-refractivity contribution in [2.45, 2.75) is 53.6 Å². The Labute approximate surface area is 96.5 Å². The van der Waals surface area contributed by atoms with Gasteiger partial charge in [-0.1, -0.05) is 0 Å². The molecule has 0 saturated carbocycles. The molecular weight excluding hydrogens is 221 g/mol. The highest BCUT2D eigenvalue weighted by atomic mass is 19.5.